The molecular weight excluding hydrogens is 274 g/mol. The van der Waals surface area contributed by atoms with Crippen molar-refractivity contribution in [3.8, 4) is 5.69 Å². The van der Waals surface area contributed by atoms with E-state index in [1.54, 1.807) is 9.36 Å². The molecule has 1 fully saturated rings. The fourth-order valence-electron chi connectivity index (χ4n) is 2.44. The molecule has 0 amide bonds. The van der Waals surface area contributed by atoms with Crippen LogP contribution in [0, 0.1) is 4.77 Å². The van der Waals surface area contributed by atoms with E-state index in [-0.39, 0.29) is 6.10 Å². The quantitative estimate of drug-likeness (QED) is 0.862. The van der Waals surface area contributed by atoms with E-state index in [0.29, 0.717) is 18.0 Å². The van der Waals surface area contributed by atoms with Crippen LogP contribution < -0.4 is 0 Å². The van der Waals surface area contributed by atoms with Gasteiger partial charge in [-0.1, -0.05) is 18.2 Å². The van der Waals surface area contributed by atoms with Gasteiger partial charge in [-0.3, -0.25) is 4.90 Å². The molecule has 0 radical (unpaired) electrons. The van der Waals surface area contributed by atoms with E-state index >= 15 is 0 Å². The molecule has 6 nitrogen and oxygen atoms in total. The molecule has 3 rings (SSSR count). The summed E-state index contributed by atoms with van der Waals surface area (Å²) in [5.74, 6) is 0. The number of rotatable bonds is 3. The van der Waals surface area contributed by atoms with Gasteiger partial charge in [0, 0.05) is 13.1 Å². The van der Waals surface area contributed by atoms with Gasteiger partial charge in [0.1, 0.15) is 0 Å². The van der Waals surface area contributed by atoms with Gasteiger partial charge in [0.25, 0.3) is 0 Å². The van der Waals surface area contributed by atoms with Crippen LogP contribution in [-0.2, 0) is 6.67 Å². The largest absolute Gasteiger partial charge is 0.392 e. The van der Waals surface area contributed by atoms with E-state index in [9.17, 15) is 5.11 Å². The lowest BCUT2D eigenvalue weighted by Crippen LogP contribution is -2.39. The zero-order valence-corrected chi connectivity index (χ0v) is 11.9. The Kier molecular flexibility index (Phi) is 3.90. The highest BCUT2D eigenvalue weighted by Crippen LogP contribution is 2.11. The summed E-state index contributed by atoms with van der Waals surface area (Å²) in [6.07, 6.45) is 1.63. The molecule has 1 aliphatic heterocycles. The lowest BCUT2D eigenvalue weighted by molar-refractivity contribution is 0.0509. The first-order valence-corrected chi connectivity index (χ1v) is 7.13. The zero-order chi connectivity index (χ0) is 13.9. The lowest BCUT2D eigenvalue weighted by atomic mass is 10.1. The van der Waals surface area contributed by atoms with Gasteiger partial charge in [0.05, 0.1) is 18.5 Å². The number of nitrogens with zero attached hydrogens (tertiary/aromatic N) is 5. The average molecular weight is 291 g/mol. The maximum atomic E-state index is 9.69. The number of aromatic nitrogens is 4. The minimum atomic E-state index is -0.248. The molecule has 0 saturated carbocycles. The van der Waals surface area contributed by atoms with E-state index < -0.39 is 0 Å². The monoisotopic (exact) mass is 291 g/mol. The molecule has 0 bridgehead atoms. The highest BCUT2D eigenvalue weighted by atomic mass is 32.1. The third-order valence-electron chi connectivity index (χ3n) is 3.45. The average Bonchev–Trinajstić information content (AvgIpc) is 2.81. The number of β-amino-alcohol motifs (C(OH)–C–C–N with tert-alkyl or cyclic N) is 1. The van der Waals surface area contributed by atoms with Crippen molar-refractivity contribution in [3.05, 3.63) is 35.1 Å². The van der Waals surface area contributed by atoms with Gasteiger partial charge in [0.15, 0.2) is 0 Å². The number of benzene rings is 1. The van der Waals surface area contributed by atoms with Crippen LogP contribution in [0.25, 0.3) is 5.69 Å². The number of likely N-dealkylation sites (tertiary alicyclic amines) is 1. The summed E-state index contributed by atoms with van der Waals surface area (Å²) in [7, 11) is 0. The smallest absolute Gasteiger partial charge is 0.221 e. The van der Waals surface area contributed by atoms with Gasteiger partial charge in [-0.15, -0.1) is 0 Å². The normalized spacial score (nSPS) is 20.1. The van der Waals surface area contributed by atoms with Gasteiger partial charge in [-0.2, -0.15) is 4.68 Å². The van der Waals surface area contributed by atoms with Crippen LogP contribution in [0.2, 0.25) is 0 Å². The highest BCUT2D eigenvalue weighted by molar-refractivity contribution is 7.71. The van der Waals surface area contributed by atoms with Crippen LogP contribution in [0.15, 0.2) is 30.3 Å². The maximum absolute atomic E-state index is 9.69. The van der Waals surface area contributed by atoms with Gasteiger partial charge in [-0.25, -0.2) is 4.68 Å². The molecule has 0 aliphatic carbocycles. The predicted molar refractivity (Wildman–Crippen MR) is 77.0 cm³/mol. The van der Waals surface area contributed by atoms with Crippen LogP contribution in [0.1, 0.15) is 12.8 Å². The summed E-state index contributed by atoms with van der Waals surface area (Å²) in [6.45, 7) is 2.19. The number of tetrazole rings is 1. The molecule has 1 saturated heterocycles. The summed E-state index contributed by atoms with van der Waals surface area (Å²) < 4.78 is 3.91. The van der Waals surface area contributed by atoms with Crippen LogP contribution in [0.4, 0.5) is 0 Å². The molecule has 20 heavy (non-hydrogen) atoms. The SMILES string of the molecule is O[C@H]1CCCN(Cn2nnn(-c3ccccc3)c2=S)C1. The lowest BCUT2D eigenvalue weighted by Gasteiger charge is -2.29. The van der Waals surface area contributed by atoms with Crippen LogP contribution >= 0.6 is 12.2 Å². The Labute approximate surface area is 122 Å². The Morgan fingerprint density at radius 1 is 1.25 bits per heavy atom. The standard InChI is InChI=1S/C13H17N5OS/c19-12-7-4-8-16(9-12)10-17-13(20)18(15-14-17)11-5-2-1-3-6-11/h1-3,5-6,12,19H,4,7-10H2/t12-/m0/s1. The topological polar surface area (TPSA) is 59.1 Å². The number of aliphatic hydroxyl groups is 1. The van der Waals surface area contributed by atoms with Crippen molar-refractivity contribution in [1.29, 1.82) is 0 Å². The molecule has 1 N–H and O–H groups in total. The molecule has 0 unspecified atom stereocenters. The molecule has 1 aromatic heterocycles. The second-order valence-corrected chi connectivity index (χ2v) is 5.39. The highest BCUT2D eigenvalue weighted by Gasteiger charge is 2.18. The molecule has 106 valence electrons. The second-order valence-electron chi connectivity index (χ2n) is 5.02. The van der Waals surface area contributed by atoms with Crippen molar-refractivity contribution >= 4 is 12.2 Å². The minimum absolute atomic E-state index is 0.248. The number of hydrogen-bond donors (Lipinski definition) is 1. The Balaban J connectivity index is 1.79. The molecule has 0 spiro atoms. The Morgan fingerprint density at radius 2 is 2.05 bits per heavy atom. The summed E-state index contributed by atoms with van der Waals surface area (Å²) in [6, 6.07) is 9.72. The molecule has 7 heteroatoms. The van der Waals surface area contributed by atoms with Gasteiger partial charge in [-0.05, 0) is 47.6 Å². The third-order valence-corrected chi connectivity index (χ3v) is 3.84. The van der Waals surface area contributed by atoms with Crippen LogP contribution in [-0.4, -0.2) is 49.0 Å². The molecule has 1 aliphatic rings. The first-order valence-electron chi connectivity index (χ1n) is 6.73. The fourth-order valence-corrected chi connectivity index (χ4v) is 2.68. The summed E-state index contributed by atoms with van der Waals surface area (Å²) >= 11 is 5.42. The summed E-state index contributed by atoms with van der Waals surface area (Å²) in [5, 5.41) is 17.9. The second kappa shape index (κ2) is 5.82. The number of aliphatic hydroxyl groups excluding tert-OH is 1. The summed E-state index contributed by atoms with van der Waals surface area (Å²) in [4.78, 5) is 2.15. The van der Waals surface area contributed by atoms with E-state index in [2.05, 4.69) is 15.3 Å². The molecule has 1 aromatic carbocycles. The van der Waals surface area contributed by atoms with E-state index in [0.717, 1.165) is 25.1 Å². The number of para-hydroxylation sites is 1. The van der Waals surface area contributed by atoms with E-state index in [1.807, 2.05) is 30.3 Å². The van der Waals surface area contributed by atoms with Crippen LogP contribution in [0.3, 0.4) is 0 Å². The first kappa shape index (κ1) is 13.4. The zero-order valence-electron chi connectivity index (χ0n) is 11.1. The van der Waals surface area contributed by atoms with Gasteiger partial charge in [0.2, 0.25) is 4.77 Å². The molecule has 2 heterocycles. The van der Waals surface area contributed by atoms with Crippen molar-refractivity contribution in [2.45, 2.75) is 25.6 Å². The number of piperidine rings is 1. The predicted octanol–water partition coefficient (Wildman–Crippen LogP) is 1.21. The maximum Gasteiger partial charge on any atom is 0.221 e. The molecule has 1 atom stereocenters. The Bertz CT molecular complexity index is 623. The Morgan fingerprint density at radius 3 is 2.80 bits per heavy atom. The number of hydrogen-bond acceptors (Lipinski definition) is 5. The summed E-state index contributed by atoms with van der Waals surface area (Å²) in [5.41, 5.74) is 0.905. The van der Waals surface area contributed by atoms with Crippen molar-refractivity contribution in [2.75, 3.05) is 13.1 Å². The molecular formula is C13H17N5OS. The minimum Gasteiger partial charge on any atom is -0.392 e. The fraction of sp³-hybridized carbons (Fsp3) is 0.462. The van der Waals surface area contributed by atoms with Crippen LogP contribution in [0.5, 0.6) is 0 Å². The van der Waals surface area contributed by atoms with Gasteiger partial charge >= 0.3 is 0 Å². The van der Waals surface area contributed by atoms with Gasteiger partial charge < -0.3 is 5.11 Å². The molecule has 2 aromatic rings. The Hall–Kier alpha value is -1.57. The van der Waals surface area contributed by atoms with Crippen molar-refractivity contribution in [2.24, 2.45) is 0 Å². The van der Waals surface area contributed by atoms with Crippen molar-refractivity contribution < 1.29 is 5.11 Å². The van der Waals surface area contributed by atoms with Crippen molar-refractivity contribution in [3.63, 3.8) is 0 Å². The first-order chi connectivity index (χ1) is 9.74. The van der Waals surface area contributed by atoms with Crippen molar-refractivity contribution in [1.82, 2.24) is 24.7 Å². The van der Waals surface area contributed by atoms with E-state index in [1.165, 1.54) is 0 Å². The third kappa shape index (κ3) is 2.79. The van der Waals surface area contributed by atoms with E-state index in [4.69, 9.17) is 12.2 Å².